The summed E-state index contributed by atoms with van der Waals surface area (Å²) in [4.78, 5) is 0. The van der Waals surface area contributed by atoms with Crippen molar-refractivity contribution in [2.24, 2.45) is 5.73 Å². The average Bonchev–Trinajstić information content (AvgIpc) is 2.45. The molecule has 2 aromatic carbocycles. The van der Waals surface area contributed by atoms with E-state index in [0.717, 1.165) is 16.7 Å². The van der Waals surface area contributed by atoms with E-state index in [2.05, 4.69) is 0 Å². The molecule has 4 heteroatoms. The molecule has 106 valence electrons. The number of hydrogen-bond acceptors (Lipinski definition) is 1. The van der Waals surface area contributed by atoms with Crippen LogP contribution in [0.15, 0.2) is 54.6 Å². The van der Waals surface area contributed by atoms with Gasteiger partial charge in [0.2, 0.25) is 0 Å². The highest BCUT2D eigenvalue weighted by atomic mass is 19.4. The fourth-order valence-electron chi connectivity index (χ4n) is 2.04. The first-order valence-corrected chi connectivity index (χ1v) is 6.43. The normalized spacial score (nSPS) is 13.2. The predicted octanol–water partition coefficient (Wildman–Crippen LogP) is 4.70. The Morgan fingerprint density at radius 1 is 0.850 bits per heavy atom. The molecule has 20 heavy (non-hydrogen) atoms. The molecule has 2 N–H and O–H groups in total. The Labute approximate surface area is 116 Å². The highest BCUT2D eigenvalue weighted by Gasteiger charge is 2.27. The third-order valence-corrected chi connectivity index (χ3v) is 3.18. The van der Waals surface area contributed by atoms with Crippen molar-refractivity contribution in [1.82, 2.24) is 0 Å². The Balaban J connectivity index is 2.05. The van der Waals surface area contributed by atoms with Crippen molar-refractivity contribution < 1.29 is 13.2 Å². The van der Waals surface area contributed by atoms with Gasteiger partial charge in [0.15, 0.2) is 0 Å². The molecule has 2 aromatic rings. The molecule has 1 atom stereocenters. The van der Waals surface area contributed by atoms with Crippen molar-refractivity contribution in [2.75, 3.05) is 0 Å². The van der Waals surface area contributed by atoms with Crippen LogP contribution in [0.4, 0.5) is 13.2 Å². The summed E-state index contributed by atoms with van der Waals surface area (Å²) in [6.45, 7) is 0. The molecule has 0 aromatic heterocycles. The van der Waals surface area contributed by atoms with Crippen molar-refractivity contribution in [2.45, 2.75) is 25.1 Å². The first-order chi connectivity index (χ1) is 9.46. The van der Waals surface area contributed by atoms with Gasteiger partial charge in [0.1, 0.15) is 0 Å². The second-order valence-corrected chi connectivity index (χ2v) is 4.75. The predicted molar refractivity (Wildman–Crippen MR) is 74.1 cm³/mol. The van der Waals surface area contributed by atoms with Gasteiger partial charge in [-0.15, -0.1) is 0 Å². The van der Waals surface area contributed by atoms with Crippen LogP contribution in [0, 0.1) is 0 Å². The molecule has 0 aliphatic heterocycles. The van der Waals surface area contributed by atoms with Crippen molar-refractivity contribution in [3.63, 3.8) is 0 Å². The maximum absolute atomic E-state index is 12.2. The van der Waals surface area contributed by atoms with Gasteiger partial charge < -0.3 is 5.73 Å². The maximum Gasteiger partial charge on any atom is 0.389 e. The Morgan fingerprint density at radius 3 is 1.95 bits per heavy atom. The second-order valence-electron chi connectivity index (χ2n) is 4.75. The summed E-state index contributed by atoms with van der Waals surface area (Å²) in [5, 5.41) is 0. The molecule has 0 fully saturated rings. The second kappa shape index (κ2) is 6.09. The van der Waals surface area contributed by atoms with Crippen LogP contribution in [0.2, 0.25) is 0 Å². The van der Waals surface area contributed by atoms with Gasteiger partial charge in [-0.25, -0.2) is 0 Å². The summed E-state index contributed by atoms with van der Waals surface area (Å²) < 4.78 is 36.5. The Kier molecular flexibility index (Phi) is 4.45. The molecular weight excluding hydrogens is 263 g/mol. The molecule has 2 rings (SSSR count). The molecule has 0 aliphatic rings. The van der Waals surface area contributed by atoms with Gasteiger partial charge in [0.25, 0.3) is 0 Å². The van der Waals surface area contributed by atoms with Gasteiger partial charge in [0, 0.05) is 12.5 Å². The van der Waals surface area contributed by atoms with Crippen LogP contribution < -0.4 is 5.73 Å². The minimum atomic E-state index is -4.15. The van der Waals surface area contributed by atoms with E-state index < -0.39 is 18.6 Å². The third kappa shape index (κ3) is 4.10. The number of nitrogens with two attached hydrogens (primary N) is 1. The lowest BCUT2D eigenvalue weighted by molar-refractivity contribution is -0.136. The lowest BCUT2D eigenvalue weighted by atomic mass is 9.99. The van der Waals surface area contributed by atoms with E-state index in [1.807, 2.05) is 42.5 Å². The van der Waals surface area contributed by atoms with Crippen LogP contribution in [0.3, 0.4) is 0 Å². The largest absolute Gasteiger partial charge is 0.389 e. The van der Waals surface area contributed by atoms with Gasteiger partial charge in [-0.2, -0.15) is 13.2 Å². The van der Waals surface area contributed by atoms with E-state index in [9.17, 15) is 13.2 Å². The molecule has 1 nitrogen and oxygen atoms in total. The van der Waals surface area contributed by atoms with E-state index in [4.69, 9.17) is 5.73 Å². The first kappa shape index (κ1) is 14.6. The molecular formula is C16H16F3N. The van der Waals surface area contributed by atoms with E-state index in [1.54, 1.807) is 12.1 Å². The molecule has 0 aliphatic carbocycles. The highest BCUT2D eigenvalue weighted by Crippen LogP contribution is 2.27. The summed E-state index contributed by atoms with van der Waals surface area (Å²) in [7, 11) is 0. The summed E-state index contributed by atoms with van der Waals surface area (Å²) in [6, 6.07) is 16.6. The van der Waals surface area contributed by atoms with Crippen LogP contribution in [0.1, 0.15) is 24.4 Å². The smallest absolute Gasteiger partial charge is 0.324 e. The first-order valence-electron chi connectivity index (χ1n) is 6.43. The Morgan fingerprint density at radius 2 is 1.40 bits per heavy atom. The maximum atomic E-state index is 12.2. The minimum absolute atomic E-state index is 0.0891. The van der Waals surface area contributed by atoms with Gasteiger partial charge in [0.05, 0.1) is 0 Å². The van der Waals surface area contributed by atoms with Crippen molar-refractivity contribution in [3.05, 3.63) is 60.2 Å². The van der Waals surface area contributed by atoms with Crippen LogP contribution in [0.5, 0.6) is 0 Å². The monoisotopic (exact) mass is 279 g/mol. The quantitative estimate of drug-likeness (QED) is 0.862. The van der Waals surface area contributed by atoms with E-state index in [1.165, 1.54) is 0 Å². The molecule has 1 unspecified atom stereocenters. The lowest BCUT2D eigenvalue weighted by Gasteiger charge is -2.14. The number of hydrogen-bond donors (Lipinski definition) is 1. The third-order valence-electron chi connectivity index (χ3n) is 3.18. The summed E-state index contributed by atoms with van der Waals surface area (Å²) in [6.07, 6.45) is -5.09. The summed E-state index contributed by atoms with van der Waals surface area (Å²) in [5.74, 6) is 0. The van der Waals surface area contributed by atoms with Gasteiger partial charge in [-0.05, 0) is 23.1 Å². The van der Waals surface area contributed by atoms with Crippen molar-refractivity contribution in [1.29, 1.82) is 0 Å². The lowest BCUT2D eigenvalue weighted by Crippen LogP contribution is -2.15. The zero-order chi connectivity index (χ0) is 14.6. The highest BCUT2D eigenvalue weighted by molar-refractivity contribution is 5.63. The zero-order valence-electron chi connectivity index (χ0n) is 10.9. The van der Waals surface area contributed by atoms with Crippen LogP contribution in [0.25, 0.3) is 11.1 Å². The number of halogens is 3. The SMILES string of the molecule is NC(CCC(F)(F)F)c1ccc(-c2ccccc2)cc1. The fourth-order valence-corrected chi connectivity index (χ4v) is 2.04. The molecule has 0 radical (unpaired) electrons. The van der Waals surface area contributed by atoms with Crippen LogP contribution in [-0.4, -0.2) is 6.18 Å². The molecule has 0 saturated heterocycles. The molecule has 0 amide bonds. The molecule has 0 saturated carbocycles. The van der Waals surface area contributed by atoms with Gasteiger partial charge in [-0.1, -0.05) is 54.6 Å². The summed E-state index contributed by atoms with van der Waals surface area (Å²) in [5.41, 5.74) is 8.62. The van der Waals surface area contributed by atoms with Crippen LogP contribution in [-0.2, 0) is 0 Å². The van der Waals surface area contributed by atoms with E-state index >= 15 is 0 Å². The minimum Gasteiger partial charge on any atom is -0.324 e. The molecule has 0 bridgehead atoms. The molecule has 0 spiro atoms. The van der Waals surface area contributed by atoms with Crippen LogP contribution >= 0.6 is 0 Å². The zero-order valence-corrected chi connectivity index (χ0v) is 10.9. The summed E-state index contributed by atoms with van der Waals surface area (Å²) >= 11 is 0. The standard InChI is InChI=1S/C16H16F3N/c17-16(18,19)11-10-15(20)14-8-6-13(7-9-14)12-4-2-1-3-5-12/h1-9,15H,10-11,20H2. The number of rotatable bonds is 4. The molecule has 0 heterocycles. The topological polar surface area (TPSA) is 26.0 Å². The van der Waals surface area contributed by atoms with Gasteiger partial charge in [-0.3, -0.25) is 0 Å². The fraction of sp³-hybridized carbons (Fsp3) is 0.250. The Bertz CT molecular complexity index is 532. The van der Waals surface area contributed by atoms with Crippen molar-refractivity contribution >= 4 is 0 Å². The van der Waals surface area contributed by atoms with E-state index in [-0.39, 0.29) is 6.42 Å². The van der Waals surface area contributed by atoms with Gasteiger partial charge >= 0.3 is 6.18 Å². The van der Waals surface area contributed by atoms with E-state index in [0.29, 0.717) is 0 Å². The number of benzene rings is 2. The van der Waals surface area contributed by atoms with Crippen molar-refractivity contribution in [3.8, 4) is 11.1 Å². The average molecular weight is 279 g/mol. The number of alkyl halides is 3. The Hall–Kier alpha value is -1.81.